The van der Waals surface area contributed by atoms with E-state index in [9.17, 15) is 31.2 Å². The molecule has 2 bridgehead atoms. The van der Waals surface area contributed by atoms with Gasteiger partial charge in [0.1, 0.15) is 0 Å². The number of imide groups is 1. The fourth-order valence-electron chi connectivity index (χ4n) is 3.97. The van der Waals surface area contributed by atoms with E-state index in [-0.39, 0.29) is 22.8 Å². The largest absolute Gasteiger partial charge is 0.525 e. The third-order valence-corrected chi connectivity index (χ3v) is 5.68. The molecule has 1 saturated heterocycles. The summed E-state index contributed by atoms with van der Waals surface area (Å²) in [5.41, 5.74) is -5.68. The normalized spacial score (nSPS) is 39.2. The summed E-state index contributed by atoms with van der Waals surface area (Å²) in [5.74, 6) is -3.45. The lowest BCUT2D eigenvalue weighted by atomic mass is 9.76. The van der Waals surface area contributed by atoms with Gasteiger partial charge >= 0.3 is 15.6 Å². The third kappa shape index (κ3) is 1.91. The lowest BCUT2D eigenvalue weighted by molar-refractivity contribution is -0.169. The number of carbonyl (C=O) groups is 2. The molecule has 3 fully saturated rings. The van der Waals surface area contributed by atoms with Crippen LogP contribution in [0.5, 0.6) is 0 Å². The van der Waals surface area contributed by atoms with Crippen LogP contribution in [0.25, 0.3) is 0 Å². The lowest BCUT2D eigenvalue weighted by Crippen LogP contribution is -2.39. The second kappa shape index (κ2) is 4.19. The Bertz CT molecular complexity index is 616. The summed E-state index contributed by atoms with van der Waals surface area (Å²) >= 11 is 0. The molecule has 0 aromatic carbocycles. The molecule has 2 saturated carbocycles. The van der Waals surface area contributed by atoms with Crippen molar-refractivity contribution in [3.8, 4) is 0 Å². The molecule has 4 unspecified atom stereocenters. The van der Waals surface area contributed by atoms with Gasteiger partial charge in [-0.25, -0.2) is 0 Å². The highest BCUT2D eigenvalue weighted by Gasteiger charge is 2.65. The molecule has 0 aromatic rings. The number of fused-ring (bicyclic) bond motifs is 5. The molecule has 1 heterocycles. The van der Waals surface area contributed by atoms with Gasteiger partial charge in [-0.2, -0.15) is 21.6 Å². The number of hydroxylamine groups is 2. The molecule has 0 aromatic heterocycles. The average Bonchev–Trinajstić information content (AvgIpc) is 2.94. The number of carbonyl (C=O) groups excluding carboxylic acids is 2. The van der Waals surface area contributed by atoms with Crippen LogP contribution >= 0.6 is 0 Å². The second-order valence-corrected chi connectivity index (χ2v) is 7.39. The molecule has 118 valence electrons. The van der Waals surface area contributed by atoms with E-state index in [1.807, 2.05) is 6.92 Å². The molecule has 10 heteroatoms. The highest BCUT2D eigenvalue weighted by Crippen LogP contribution is 2.58. The van der Waals surface area contributed by atoms with Crippen LogP contribution in [-0.2, 0) is 24.0 Å². The molecule has 3 aliphatic rings. The Balaban J connectivity index is 1.87. The molecule has 2 amide bonds. The molecule has 1 aliphatic heterocycles. The van der Waals surface area contributed by atoms with Gasteiger partial charge < -0.3 is 0 Å². The number of hydrogen-bond donors (Lipinski definition) is 0. The van der Waals surface area contributed by atoms with Crippen LogP contribution in [0.1, 0.15) is 19.8 Å². The van der Waals surface area contributed by atoms with Gasteiger partial charge in [0.05, 0.1) is 11.8 Å². The van der Waals surface area contributed by atoms with Crippen LogP contribution in [0, 0.1) is 29.6 Å². The monoisotopic (exact) mass is 327 g/mol. The van der Waals surface area contributed by atoms with Gasteiger partial charge in [-0.3, -0.25) is 9.59 Å². The Labute approximate surface area is 118 Å². The standard InChI is InChI=1S/C11H12F3NO5S/c1-4-2-5-3-6(4)8-7(5)9(16)15(10(8)17)20-21(18,19)11(12,13)14/h4-8H,2-3H2,1H3/t4?,5?,6-,7?,8?/m0/s1. The molecule has 3 rings (SSSR count). The van der Waals surface area contributed by atoms with Gasteiger partial charge in [-0.15, -0.1) is 9.35 Å². The van der Waals surface area contributed by atoms with Crippen LogP contribution in [0.3, 0.4) is 0 Å². The number of amides is 2. The van der Waals surface area contributed by atoms with E-state index in [0.717, 1.165) is 0 Å². The van der Waals surface area contributed by atoms with Gasteiger partial charge in [0.2, 0.25) is 0 Å². The Morgan fingerprint density at radius 2 is 1.71 bits per heavy atom. The highest BCUT2D eigenvalue weighted by molar-refractivity contribution is 7.87. The smallest absolute Gasteiger partial charge is 0.272 e. The first-order chi connectivity index (χ1) is 9.54. The maximum absolute atomic E-state index is 12.3. The van der Waals surface area contributed by atoms with Crippen molar-refractivity contribution >= 4 is 21.9 Å². The van der Waals surface area contributed by atoms with E-state index >= 15 is 0 Å². The van der Waals surface area contributed by atoms with Crippen molar-refractivity contribution in [1.29, 1.82) is 0 Å². The van der Waals surface area contributed by atoms with Crippen molar-refractivity contribution in [1.82, 2.24) is 5.06 Å². The van der Waals surface area contributed by atoms with E-state index in [0.29, 0.717) is 12.8 Å². The second-order valence-electron chi connectivity index (χ2n) is 5.87. The highest BCUT2D eigenvalue weighted by atomic mass is 32.2. The van der Waals surface area contributed by atoms with Crippen molar-refractivity contribution < 1.29 is 35.5 Å². The zero-order chi connectivity index (χ0) is 15.7. The summed E-state index contributed by atoms with van der Waals surface area (Å²) in [5, 5.41) is -0.199. The number of hydrogen-bond acceptors (Lipinski definition) is 5. The van der Waals surface area contributed by atoms with E-state index in [2.05, 4.69) is 4.28 Å². The predicted octanol–water partition coefficient (Wildman–Crippen LogP) is 1.04. The zero-order valence-corrected chi connectivity index (χ0v) is 11.6. The quantitative estimate of drug-likeness (QED) is 0.559. The number of halogens is 3. The number of alkyl halides is 3. The van der Waals surface area contributed by atoms with Crippen molar-refractivity contribution in [3.63, 3.8) is 0 Å². The van der Waals surface area contributed by atoms with Gasteiger partial charge in [0.15, 0.2) is 0 Å². The third-order valence-electron chi connectivity index (χ3n) is 4.76. The topological polar surface area (TPSA) is 80.8 Å². The Kier molecular flexibility index (Phi) is 2.94. The molecule has 0 radical (unpaired) electrons. The summed E-state index contributed by atoms with van der Waals surface area (Å²) in [4.78, 5) is 24.1. The summed E-state index contributed by atoms with van der Waals surface area (Å²) < 4.78 is 62.6. The Morgan fingerprint density at radius 3 is 2.29 bits per heavy atom. The first-order valence-corrected chi connectivity index (χ1v) is 7.84. The van der Waals surface area contributed by atoms with E-state index in [4.69, 9.17) is 0 Å². The van der Waals surface area contributed by atoms with Gasteiger partial charge in [-0.1, -0.05) is 6.92 Å². The van der Waals surface area contributed by atoms with Crippen molar-refractivity contribution in [2.24, 2.45) is 29.6 Å². The summed E-state index contributed by atoms with van der Waals surface area (Å²) in [6, 6.07) is 0. The summed E-state index contributed by atoms with van der Waals surface area (Å²) in [6.07, 6.45) is 1.39. The van der Waals surface area contributed by atoms with E-state index < -0.39 is 39.3 Å². The van der Waals surface area contributed by atoms with Crippen molar-refractivity contribution in [2.75, 3.05) is 0 Å². The first-order valence-electron chi connectivity index (χ1n) is 6.43. The fourth-order valence-corrected chi connectivity index (χ4v) is 4.40. The maximum atomic E-state index is 12.3. The lowest BCUT2D eigenvalue weighted by Gasteiger charge is -2.25. The molecule has 2 aliphatic carbocycles. The molecule has 0 N–H and O–H groups in total. The van der Waals surface area contributed by atoms with Crippen molar-refractivity contribution in [2.45, 2.75) is 25.3 Å². The average molecular weight is 327 g/mol. The van der Waals surface area contributed by atoms with Gasteiger partial charge in [0, 0.05) is 0 Å². The molecule has 5 atom stereocenters. The Hall–Kier alpha value is -1.16. The minimum absolute atomic E-state index is 0.0892. The molecular formula is C11H12F3NO5S. The minimum Gasteiger partial charge on any atom is -0.272 e. The molecule has 21 heavy (non-hydrogen) atoms. The van der Waals surface area contributed by atoms with Crippen LogP contribution in [0.15, 0.2) is 0 Å². The van der Waals surface area contributed by atoms with Crippen LogP contribution in [0.2, 0.25) is 0 Å². The van der Waals surface area contributed by atoms with Crippen LogP contribution in [0.4, 0.5) is 13.2 Å². The fraction of sp³-hybridized carbons (Fsp3) is 0.818. The molecular weight excluding hydrogens is 315 g/mol. The summed E-state index contributed by atoms with van der Waals surface area (Å²) in [6.45, 7) is 1.91. The van der Waals surface area contributed by atoms with Crippen LogP contribution in [-0.4, -0.2) is 30.8 Å². The predicted molar refractivity (Wildman–Crippen MR) is 60.3 cm³/mol. The zero-order valence-electron chi connectivity index (χ0n) is 10.8. The van der Waals surface area contributed by atoms with Gasteiger partial charge in [-0.05, 0) is 30.6 Å². The molecule has 6 nitrogen and oxygen atoms in total. The molecule has 0 spiro atoms. The van der Waals surface area contributed by atoms with Crippen LogP contribution < -0.4 is 0 Å². The maximum Gasteiger partial charge on any atom is 0.525 e. The van der Waals surface area contributed by atoms with Crippen molar-refractivity contribution in [3.05, 3.63) is 0 Å². The number of rotatable bonds is 2. The van der Waals surface area contributed by atoms with E-state index in [1.165, 1.54) is 0 Å². The minimum atomic E-state index is -6.02. The van der Waals surface area contributed by atoms with E-state index in [1.54, 1.807) is 0 Å². The SMILES string of the molecule is CC1CC2C[C@@H]1C1C(=O)N(OS(=O)(=O)C(F)(F)F)C(=O)C21. The first kappa shape index (κ1) is 14.8. The summed E-state index contributed by atoms with van der Waals surface area (Å²) in [7, 11) is -6.02. The number of nitrogens with zero attached hydrogens (tertiary/aromatic N) is 1. The Morgan fingerprint density at radius 1 is 1.14 bits per heavy atom. The van der Waals surface area contributed by atoms with Gasteiger partial charge in [0.25, 0.3) is 11.8 Å².